The molecule has 20 heavy (non-hydrogen) atoms. The lowest BCUT2D eigenvalue weighted by atomic mass is 10.2. The summed E-state index contributed by atoms with van der Waals surface area (Å²) in [5.74, 6) is 1.30. The maximum absolute atomic E-state index is 11.9. The quantitative estimate of drug-likeness (QED) is 0.752. The smallest absolute Gasteiger partial charge is 0.242 e. The molecule has 0 aliphatic rings. The van der Waals surface area contributed by atoms with Gasteiger partial charge in [-0.2, -0.15) is 0 Å². The molecule has 7 heteroatoms. The van der Waals surface area contributed by atoms with Crippen molar-refractivity contribution in [2.24, 2.45) is 5.92 Å². The Labute approximate surface area is 124 Å². The number of ether oxygens (including phenoxy) is 1. The number of halogens is 1. The van der Waals surface area contributed by atoms with Gasteiger partial charge in [-0.3, -0.25) is 4.79 Å². The third-order valence-corrected chi connectivity index (χ3v) is 2.65. The first kappa shape index (κ1) is 16.7. The third kappa shape index (κ3) is 5.71. The largest absolute Gasteiger partial charge is 0.377 e. The molecule has 1 atom stereocenters. The van der Waals surface area contributed by atoms with Gasteiger partial charge >= 0.3 is 0 Å². The fourth-order valence-corrected chi connectivity index (χ4v) is 1.68. The summed E-state index contributed by atoms with van der Waals surface area (Å²) in [6.45, 7) is 6.76. The van der Waals surface area contributed by atoms with Crippen LogP contribution in [0.2, 0.25) is 5.15 Å². The van der Waals surface area contributed by atoms with E-state index in [4.69, 9.17) is 16.3 Å². The van der Waals surface area contributed by atoms with Gasteiger partial charge in [0, 0.05) is 19.7 Å². The highest BCUT2D eigenvalue weighted by molar-refractivity contribution is 6.29. The van der Waals surface area contributed by atoms with E-state index in [-0.39, 0.29) is 12.5 Å². The summed E-state index contributed by atoms with van der Waals surface area (Å²) >= 11 is 5.90. The Bertz CT molecular complexity index is 454. The molecule has 0 saturated heterocycles. The number of methoxy groups -OCH3 is 1. The second-order valence-electron chi connectivity index (χ2n) is 4.93. The summed E-state index contributed by atoms with van der Waals surface area (Å²) in [5, 5.41) is 6.17. The monoisotopic (exact) mass is 300 g/mol. The average Bonchev–Trinajstić information content (AvgIpc) is 2.35. The average molecular weight is 301 g/mol. The van der Waals surface area contributed by atoms with Gasteiger partial charge in [0.1, 0.15) is 23.6 Å². The van der Waals surface area contributed by atoms with Crippen LogP contribution in [-0.4, -0.2) is 35.6 Å². The van der Waals surface area contributed by atoms with Crippen LogP contribution in [0.3, 0.4) is 0 Å². The number of carbonyl (C=O) groups excluding carboxylic acids is 1. The van der Waals surface area contributed by atoms with Crippen molar-refractivity contribution in [3.8, 4) is 0 Å². The highest BCUT2D eigenvalue weighted by Crippen LogP contribution is 2.13. The number of amides is 1. The third-order valence-electron chi connectivity index (χ3n) is 2.46. The summed E-state index contributed by atoms with van der Waals surface area (Å²) in [6, 6.07) is 1.17. The van der Waals surface area contributed by atoms with Gasteiger partial charge < -0.3 is 15.4 Å². The molecule has 0 radical (unpaired) electrons. The van der Waals surface area contributed by atoms with Gasteiger partial charge in [-0.1, -0.05) is 25.4 Å². The number of aromatic nitrogens is 2. The molecule has 0 bridgehead atoms. The summed E-state index contributed by atoms with van der Waals surface area (Å²) < 4.78 is 4.96. The Balaban J connectivity index is 2.65. The molecule has 1 aromatic heterocycles. The molecule has 1 amide bonds. The molecule has 0 fully saturated rings. The van der Waals surface area contributed by atoms with Crippen LogP contribution >= 0.6 is 11.6 Å². The molecule has 0 aliphatic carbocycles. The van der Waals surface area contributed by atoms with Crippen LogP contribution in [0.4, 0.5) is 5.82 Å². The standard InChI is InChI=1S/C13H21ClN4O2/c1-8(2)6-15-13(19)9(3)16-11-5-10(14)17-12(18-11)7-20-4/h5,8-9H,6-7H2,1-4H3,(H,15,19)(H,16,17,18). The van der Waals surface area contributed by atoms with Gasteiger partial charge in [-0.25, -0.2) is 9.97 Å². The predicted octanol–water partition coefficient (Wildman–Crippen LogP) is 1.85. The summed E-state index contributed by atoms with van der Waals surface area (Å²) in [4.78, 5) is 20.1. The van der Waals surface area contributed by atoms with Crippen LogP contribution in [-0.2, 0) is 16.1 Å². The second kappa shape index (κ2) is 8.01. The number of nitrogens with zero attached hydrogens (tertiary/aromatic N) is 2. The van der Waals surface area contributed by atoms with E-state index in [0.29, 0.717) is 29.3 Å². The van der Waals surface area contributed by atoms with Crippen LogP contribution < -0.4 is 10.6 Å². The van der Waals surface area contributed by atoms with E-state index in [1.165, 1.54) is 0 Å². The Morgan fingerprint density at radius 1 is 1.40 bits per heavy atom. The lowest BCUT2D eigenvalue weighted by molar-refractivity contribution is -0.121. The topological polar surface area (TPSA) is 76.1 Å². The van der Waals surface area contributed by atoms with Crippen molar-refractivity contribution >= 4 is 23.3 Å². The Hall–Kier alpha value is -1.40. The Kier molecular flexibility index (Phi) is 6.67. The summed E-state index contributed by atoms with van der Waals surface area (Å²) in [6.07, 6.45) is 0. The van der Waals surface area contributed by atoms with Crippen LogP contribution in [0.1, 0.15) is 26.6 Å². The SMILES string of the molecule is COCc1nc(Cl)cc(NC(C)C(=O)NCC(C)C)n1. The molecule has 0 saturated carbocycles. The summed E-state index contributed by atoms with van der Waals surface area (Å²) in [7, 11) is 1.55. The highest BCUT2D eigenvalue weighted by Gasteiger charge is 2.14. The van der Waals surface area contributed by atoms with Gasteiger partial charge in [-0.15, -0.1) is 0 Å². The first-order chi connectivity index (χ1) is 9.42. The normalized spacial score (nSPS) is 12.3. The van der Waals surface area contributed by atoms with E-state index in [1.807, 2.05) is 13.8 Å². The number of nitrogens with one attached hydrogen (secondary N) is 2. The predicted molar refractivity (Wildman–Crippen MR) is 78.7 cm³/mol. The fraction of sp³-hybridized carbons (Fsp3) is 0.615. The zero-order valence-corrected chi connectivity index (χ0v) is 13.0. The van der Waals surface area contributed by atoms with E-state index in [2.05, 4.69) is 20.6 Å². The first-order valence-electron chi connectivity index (χ1n) is 6.49. The number of anilines is 1. The molecule has 1 rings (SSSR count). The van der Waals surface area contributed by atoms with Gasteiger partial charge in [0.05, 0.1) is 0 Å². The molecule has 0 spiro atoms. The number of hydrogen-bond acceptors (Lipinski definition) is 5. The minimum Gasteiger partial charge on any atom is -0.377 e. The van der Waals surface area contributed by atoms with Crippen molar-refractivity contribution in [2.75, 3.05) is 19.0 Å². The van der Waals surface area contributed by atoms with E-state index in [0.717, 1.165) is 0 Å². The maximum atomic E-state index is 11.9. The number of carbonyl (C=O) groups is 1. The number of hydrogen-bond donors (Lipinski definition) is 2. The number of rotatable bonds is 7. The molecule has 2 N–H and O–H groups in total. The van der Waals surface area contributed by atoms with Crippen molar-refractivity contribution in [1.29, 1.82) is 0 Å². The van der Waals surface area contributed by atoms with Crippen LogP contribution in [0.5, 0.6) is 0 Å². The lowest BCUT2D eigenvalue weighted by Crippen LogP contribution is -2.39. The molecule has 6 nitrogen and oxygen atoms in total. The van der Waals surface area contributed by atoms with Crippen molar-refractivity contribution < 1.29 is 9.53 Å². The zero-order chi connectivity index (χ0) is 15.1. The summed E-state index contributed by atoms with van der Waals surface area (Å²) in [5.41, 5.74) is 0. The highest BCUT2D eigenvalue weighted by atomic mass is 35.5. The molecule has 0 aliphatic heterocycles. The molecule has 1 aromatic rings. The van der Waals surface area contributed by atoms with Gasteiger partial charge in [0.15, 0.2) is 5.82 Å². The molecule has 1 heterocycles. The maximum Gasteiger partial charge on any atom is 0.242 e. The van der Waals surface area contributed by atoms with Crippen molar-refractivity contribution in [3.63, 3.8) is 0 Å². The van der Waals surface area contributed by atoms with E-state index in [1.54, 1.807) is 20.1 Å². The molecule has 0 aromatic carbocycles. The first-order valence-corrected chi connectivity index (χ1v) is 6.86. The zero-order valence-electron chi connectivity index (χ0n) is 12.2. The Morgan fingerprint density at radius 2 is 2.10 bits per heavy atom. The van der Waals surface area contributed by atoms with E-state index in [9.17, 15) is 4.79 Å². The van der Waals surface area contributed by atoms with E-state index >= 15 is 0 Å². The van der Waals surface area contributed by atoms with Crippen LogP contribution in [0.15, 0.2) is 6.07 Å². The van der Waals surface area contributed by atoms with Gasteiger partial charge in [-0.05, 0) is 12.8 Å². The van der Waals surface area contributed by atoms with Crippen LogP contribution in [0.25, 0.3) is 0 Å². The van der Waals surface area contributed by atoms with Crippen molar-refractivity contribution in [1.82, 2.24) is 15.3 Å². The second-order valence-corrected chi connectivity index (χ2v) is 5.32. The molecular weight excluding hydrogens is 280 g/mol. The van der Waals surface area contributed by atoms with Crippen LogP contribution in [0, 0.1) is 5.92 Å². The van der Waals surface area contributed by atoms with Gasteiger partial charge in [0.2, 0.25) is 5.91 Å². The molecule has 1 unspecified atom stereocenters. The lowest BCUT2D eigenvalue weighted by Gasteiger charge is -2.16. The fourth-order valence-electron chi connectivity index (χ4n) is 1.48. The van der Waals surface area contributed by atoms with Crippen molar-refractivity contribution in [3.05, 3.63) is 17.0 Å². The molecular formula is C13H21ClN4O2. The van der Waals surface area contributed by atoms with Crippen molar-refractivity contribution in [2.45, 2.75) is 33.4 Å². The minimum atomic E-state index is -0.407. The van der Waals surface area contributed by atoms with Gasteiger partial charge in [0.25, 0.3) is 0 Å². The van der Waals surface area contributed by atoms with E-state index < -0.39 is 6.04 Å². The molecule has 112 valence electrons. The minimum absolute atomic E-state index is 0.0817. The Morgan fingerprint density at radius 3 is 2.70 bits per heavy atom.